The number of amides is 2. The van der Waals surface area contributed by atoms with Gasteiger partial charge in [-0.1, -0.05) is 62.4 Å². The molecule has 0 spiro atoms. The molecule has 0 aromatic heterocycles. The SMILES string of the molecule is CC(C)CCC(c1ccccc1)N(C)C(=O)NS(=O)(=O)c1ccccc1. The lowest BCUT2D eigenvalue weighted by Crippen LogP contribution is -2.42. The van der Waals surface area contributed by atoms with Crippen LogP contribution in [0.25, 0.3) is 0 Å². The summed E-state index contributed by atoms with van der Waals surface area (Å²) in [5.41, 5.74) is 0.989. The Morgan fingerprint density at radius 3 is 2.04 bits per heavy atom. The van der Waals surface area contributed by atoms with Gasteiger partial charge < -0.3 is 4.90 Å². The van der Waals surface area contributed by atoms with Gasteiger partial charge in [-0.2, -0.15) is 0 Å². The molecule has 0 aliphatic rings. The number of benzene rings is 2. The van der Waals surface area contributed by atoms with Crippen LogP contribution in [0.15, 0.2) is 65.6 Å². The van der Waals surface area contributed by atoms with Crippen molar-refractivity contribution in [3.05, 3.63) is 66.2 Å². The van der Waals surface area contributed by atoms with E-state index in [4.69, 9.17) is 0 Å². The van der Waals surface area contributed by atoms with Gasteiger partial charge in [-0.15, -0.1) is 0 Å². The normalized spacial score (nSPS) is 12.6. The standard InChI is InChI=1S/C20H26N2O3S/c1-16(2)14-15-19(17-10-6-4-7-11-17)22(3)20(23)21-26(24,25)18-12-8-5-9-13-18/h4-13,16,19H,14-15H2,1-3H3,(H,21,23). The van der Waals surface area contributed by atoms with Crippen molar-refractivity contribution in [3.63, 3.8) is 0 Å². The van der Waals surface area contributed by atoms with E-state index in [1.54, 1.807) is 25.2 Å². The van der Waals surface area contributed by atoms with E-state index in [0.29, 0.717) is 5.92 Å². The Morgan fingerprint density at radius 1 is 0.962 bits per heavy atom. The lowest BCUT2D eigenvalue weighted by molar-refractivity contribution is 0.190. The summed E-state index contributed by atoms with van der Waals surface area (Å²) in [6, 6.07) is 16.8. The number of rotatable bonds is 7. The second-order valence-electron chi connectivity index (χ2n) is 6.73. The fourth-order valence-electron chi connectivity index (χ4n) is 2.74. The number of nitrogens with one attached hydrogen (secondary N) is 1. The van der Waals surface area contributed by atoms with Crippen molar-refractivity contribution in [2.24, 2.45) is 5.92 Å². The van der Waals surface area contributed by atoms with Gasteiger partial charge >= 0.3 is 6.03 Å². The van der Waals surface area contributed by atoms with E-state index < -0.39 is 16.1 Å². The van der Waals surface area contributed by atoms with Crippen molar-refractivity contribution in [1.82, 2.24) is 9.62 Å². The molecule has 5 nitrogen and oxygen atoms in total. The molecule has 0 saturated heterocycles. The summed E-state index contributed by atoms with van der Waals surface area (Å²) in [7, 11) is -2.26. The van der Waals surface area contributed by atoms with E-state index in [-0.39, 0.29) is 10.9 Å². The summed E-state index contributed by atoms with van der Waals surface area (Å²) in [4.78, 5) is 14.2. The van der Waals surface area contributed by atoms with E-state index in [1.807, 2.05) is 30.3 Å². The highest BCUT2D eigenvalue weighted by atomic mass is 32.2. The monoisotopic (exact) mass is 374 g/mol. The smallest absolute Gasteiger partial charge is 0.320 e. The van der Waals surface area contributed by atoms with E-state index in [1.165, 1.54) is 17.0 Å². The molecule has 6 heteroatoms. The second-order valence-corrected chi connectivity index (χ2v) is 8.41. The molecule has 1 unspecified atom stereocenters. The first-order valence-electron chi connectivity index (χ1n) is 8.71. The highest BCUT2D eigenvalue weighted by molar-refractivity contribution is 7.90. The third-order valence-electron chi connectivity index (χ3n) is 4.26. The minimum atomic E-state index is -3.89. The molecule has 0 fully saturated rings. The quantitative estimate of drug-likeness (QED) is 0.790. The van der Waals surface area contributed by atoms with E-state index in [2.05, 4.69) is 18.6 Å². The average molecular weight is 375 g/mol. The second kappa shape index (κ2) is 8.85. The minimum absolute atomic E-state index is 0.0696. The maximum Gasteiger partial charge on any atom is 0.331 e. The Kier molecular flexibility index (Phi) is 6.80. The molecule has 2 aromatic carbocycles. The van der Waals surface area contributed by atoms with Crippen molar-refractivity contribution in [3.8, 4) is 0 Å². The summed E-state index contributed by atoms with van der Waals surface area (Å²) < 4.78 is 27.0. The number of carbonyl (C=O) groups excluding carboxylic acids is 1. The molecule has 2 aromatic rings. The van der Waals surface area contributed by atoms with Crippen LogP contribution in [0.1, 0.15) is 38.3 Å². The summed E-state index contributed by atoms with van der Waals surface area (Å²) in [6.45, 7) is 4.25. The first kappa shape index (κ1) is 20.0. The Morgan fingerprint density at radius 2 is 1.50 bits per heavy atom. The molecular weight excluding hydrogens is 348 g/mol. The van der Waals surface area contributed by atoms with Crippen LogP contribution in [0.4, 0.5) is 4.79 Å². The van der Waals surface area contributed by atoms with E-state index >= 15 is 0 Å². The van der Waals surface area contributed by atoms with Crippen LogP contribution in [0.5, 0.6) is 0 Å². The van der Waals surface area contributed by atoms with Gasteiger partial charge in [-0.25, -0.2) is 17.9 Å². The van der Waals surface area contributed by atoms with Gasteiger partial charge in [-0.3, -0.25) is 0 Å². The highest BCUT2D eigenvalue weighted by Gasteiger charge is 2.25. The summed E-state index contributed by atoms with van der Waals surface area (Å²) in [5, 5.41) is 0. The number of urea groups is 1. The molecule has 0 saturated carbocycles. The van der Waals surface area contributed by atoms with Crippen LogP contribution in [0.3, 0.4) is 0 Å². The van der Waals surface area contributed by atoms with Gasteiger partial charge in [0.05, 0.1) is 10.9 Å². The van der Waals surface area contributed by atoms with Crippen LogP contribution >= 0.6 is 0 Å². The Balaban J connectivity index is 2.19. The number of sulfonamides is 1. The van der Waals surface area contributed by atoms with Crippen LogP contribution in [0, 0.1) is 5.92 Å². The molecule has 0 aliphatic carbocycles. The van der Waals surface area contributed by atoms with Crippen molar-refractivity contribution < 1.29 is 13.2 Å². The third kappa shape index (κ3) is 5.33. The fourth-order valence-corrected chi connectivity index (χ4v) is 3.74. The third-order valence-corrected chi connectivity index (χ3v) is 5.60. The average Bonchev–Trinajstić information content (AvgIpc) is 2.62. The molecule has 0 aliphatic heterocycles. The number of hydrogen-bond donors (Lipinski definition) is 1. The zero-order valence-corrected chi connectivity index (χ0v) is 16.2. The van der Waals surface area contributed by atoms with Crippen LogP contribution in [0.2, 0.25) is 0 Å². The number of nitrogens with zero attached hydrogens (tertiary/aromatic N) is 1. The fraction of sp³-hybridized carbons (Fsp3) is 0.350. The van der Waals surface area contributed by atoms with Crippen molar-refractivity contribution in [2.75, 3.05) is 7.05 Å². The summed E-state index contributed by atoms with van der Waals surface area (Å²) in [5.74, 6) is 0.491. The Hall–Kier alpha value is -2.34. The van der Waals surface area contributed by atoms with Gasteiger partial charge in [0.1, 0.15) is 0 Å². The molecule has 1 N–H and O–H groups in total. The van der Waals surface area contributed by atoms with E-state index in [0.717, 1.165) is 18.4 Å². The molecule has 2 amide bonds. The highest BCUT2D eigenvalue weighted by Crippen LogP contribution is 2.26. The molecule has 140 valence electrons. The van der Waals surface area contributed by atoms with Gasteiger partial charge in [0.15, 0.2) is 0 Å². The molecule has 0 radical (unpaired) electrons. The lowest BCUT2D eigenvalue weighted by Gasteiger charge is -2.29. The Labute approximate surface area is 156 Å². The van der Waals surface area contributed by atoms with E-state index in [9.17, 15) is 13.2 Å². The van der Waals surface area contributed by atoms with Gasteiger partial charge in [0, 0.05) is 7.05 Å². The van der Waals surface area contributed by atoms with Crippen LogP contribution in [-0.2, 0) is 10.0 Å². The minimum Gasteiger partial charge on any atom is -0.320 e. The van der Waals surface area contributed by atoms with Crippen LogP contribution in [-0.4, -0.2) is 26.4 Å². The lowest BCUT2D eigenvalue weighted by atomic mass is 9.97. The summed E-state index contributed by atoms with van der Waals surface area (Å²) >= 11 is 0. The predicted octanol–water partition coefficient (Wildman–Crippen LogP) is 4.19. The number of carbonyl (C=O) groups is 1. The molecule has 2 rings (SSSR count). The molecule has 1 atom stereocenters. The molecule has 0 bridgehead atoms. The molecule has 0 heterocycles. The number of hydrogen-bond acceptors (Lipinski definition) is 3. The largest absolute Gasteiger partial charge is 0.331 e. The zero-order valence-electron chi connectivity index (χ0n) is 15.4. The van der Waals surface area contributed by atoms with Gasteiger partial charge in [0.25, 0.3) is 10.0 Å². The maximum atomic E-state index is 12.6. The predicted molar refractivity (Wildman–Crippen MR) is 103 cm³/mol. The van der Waals surface area contributed by atoms with Gasteiger partial charge in [0.2, 0.25) is 0 Å². The van der Waals surface area contributed by atoms with Crippen molar-refractivity contribution >= 4 is 16.1 Å². The zero-order chi connectivity index (χ0) is 19.2. The Bertz CT molecular complexity index is 805. The van der Waals surface area contributed by atoms with Gasteiger partial charge in [-0.05, 0) is 36.5 Å². The first-order valence-corrected chi connectivity index (χ1v) is 10.2. The maximum absolute atomic E-state index is 12.6. The van der Waals surface area contributed by atoms with Crippen molar-refractivity contribution in [1.29, 1.82) is 0 Å². The topological polar surface area (TPSA) is 66.5 Å². The molecule has 26 heavy (non-hydrogen) atoms. The molecular formula is C20H26N2O3S. The first-order chi connectivity index (χ1) is 12.3. The van der Waals surface area contributed by atoms with Crippen molar-refractivity contribution in [2.45, 2.75) is 37.6 Å². The summed E-state index contributed by atoms with van der Waals surface area (Å²) in [6.07, 6.45) is 1.69. The van der Waals surface area contributed by atoms with Crippen LogP contribution < -0.4 is 4.72 Å².